The number of aromatic nitrogens is 2. The molecule has 6 heteroatoms. The van der Waals surface area contributed by atoms with Crippen molar-refractivity contribution in [3.05, 3.63) is 29.1 Å². The number of nitrogens with one attached hydrogen (secondary N) is 1. The molecule has 0 radical (unpaired) electrons. The molecule has 1 heterocycles. The first kappa shape index (κ1) is 10.6. The molecule has 1 aromatic heterocycles. The van der Waals surface area contributed by atoms with E-state index in [2.05, 4.69) is 37.8 Å². The Morgan fingerprint density at radius 2 is 2.21 bits per heavy atom. The SMILES string of the molecule is C=C(Br)CNc1nccnc1C(=O)O. The van der Waals surface area contributed by atoms with Gasteiger partial charge in [-0.25, -0.2) is 14.8 Å². The highest BCUT2D eigenvalue weighted by Crippen LogP contribution is 2.09. The first-order valence-corrected chi connectivity index (χ1v) is 4.52. The van der Waals surface area contributed by atoms with E-state index in [1.54, 1.807) is 0 Å². The number of carboxylic acids is 1. The number of hydrogen-bond donors (Lipinski definition) is 2. The maximum absolute atomic E-state index is 10.7. The third kappa shape index (κ3) is 2.81. The van der Waals surface area contributed by atoms with Gasteiger partial charge in [-0.2, -0.15) is 0 Å². The van der Waals surface area contributed by atoms with Gasteiger partial charge in [0, 0.05) is 23.4 Å². The van der Waals surface area contributed by atoms with Crippen molar-refractivity contribution in [2.24, 2.45) is 0 Å². The monoisotopic (exact) mass is 257 g/mol. The molecule has 14 heavy (non-hydrogen) atoms. The average molecular weight is 258 g/mol. The van der Waals surface area contributed by atoms with Crippen molar-refractivity contribution in [2.45, 2.75) is 0 Å². The smallest absolute Gasteiger partial charge is 0.358 e. The molecule has 0 aliphatic carbocycles. The van der Waals surface area contributed by atoms with Crippen LogP contribution in [0.1, 0.15) is 10.5 Å². The molecule has 5 nitrogen and oxygen atoms in total. The van der Waals surface area contributed by atoms with E-state index in [0.29, 0.717) is 11.0 Å². The van der Waals surface area contributed by atoms with Gasteiger partial charge in [0.2, 0.25) is 0 Å². The van der Waals surface area contributed by atoms with E-state index in [-0.39, 0.29) is 11.5 Å². The Morgan fingerprint density at radius 3 is 2.79 bits per heavy atom. The number of rotatable bonds is 4. The summed E-state index contributed by atoms with van der Waals surface area (Å²) in [5, 5.41) is 11.5. The highest BCUT2D eigenvalue weighted by atomic mass is 79.9. The van der Waals surface area contributed by atoms with Crippen molar-refractivity contribution in [2.75, 3.05) is 11.9 Å². The number of carboxylic acid groups (broad SMARTS) is 1. The van der Waals surface area contributed by atoms with Crippen LogP contribution in [-0.4, -0.2) is 27.6 Å². The van der Waals surface area contributed by atoms with Crippen molar-refractivity contribution in [1.82, 2.24) is 9.97 Å². The van der Waals surface area contributed by atoms with Gasteiger partial charge >= 0.3 is 5.97 Å². The van der Waals surface area contributed by atoms with Gasteiger partial charge in [-0.05, 0) is 0 Å². The molecule has 0 aliphatic heterocycles. The molecule has 0 saturated heterocycles. The van der Waals surface area contributed by atoms with Gasteiger partial charge < -0.3 is 10.4 Å². The Labute approximate surface area is 89.0 Å². The number of aromatic carboxylic acids is 1. The standard InChI is InChI=1S/C8H8BrN3O2/c1-5(9)4-12-7-6(8(13)14)10-2-3-11-7/h2-3H,1,4H2,(H,11,12)(H,13,14). The number of anilines is 1. The molecule has 0 bridgehead atoms. The van der Waals surface area contributed by atoms with E-state index in [0.717, 1.165) is 0 Å². The lowest BCUT2D eigenvalue weighted by atomic mass is 10.4. The normalized spacial score (nSPS) is 9.50. The lowest BCUT2D eigenvalue weighted by molar-refractivity contribution is 0.0691. The first-order valence-electron chi connectivity index (χ1n) is 3.72. The van der Waals surface area contributed by atoms with Crippen LogP contribution in [0.4, 0.5) is 5.82 Å². The van der Waals surface area contributed by atoms with Crippen LogP contribution in [-0.2, 0) is 0 Å². The van der Waals surface area contributed by atoms with E-state index >= 15 is 0 Å². The second kappa shape index (κ2) is 4.71. The third-order valence-corrected chi connectivity index (χ3v) is 1.63. The zero-order valence-corrected chi connectivity index (χ0v) is 8.78. The van der Waals surface area contributed by atoms with Crippen LogP contribution in [0.2, 0.25) is 0 Å². The number of hydrogen-bond acceptors (Lipinski definition) is 4. The second-order valence-corrected chi connectivity index (χ2v) is 3.55. The predicted octanol–water partition coefficient (Wildman–Crippen LogP) is 1.50. The van der Waals surface area contributed by atoms with Gasteiger partial charge in [-0.15, -0.1) is 0 Å². The Kier molecular flexibility index (Phi) is 3.58. The van der Waals surface area contributed by atoms with Crippen LogP contribution < -0.4 is 5.32 Å². The lowest BCUT2D eigenvalue weighted by Crippen LogP contribution is -2.10. The fraction of sp³-hybridized carbons (Fsp3) is 0.125. The summed E-state index contributed by atoms with van der Waals surface area (Å²) in [7, 11) is 0. The third-order valence-electron chi connectivity index (χ3n) is 1.35. The number of carbonyl (C=O) groups is 1. The summed E-state index contributed by atoms with van der Waals surface area (Å²) in [6, 6.07) is 0. The molecule has 0 aliphatic rings. The molecule has 0 aromatic carbocycles. The molecule has 0 unspecified atom stereocenters. The number of nitrogens with zero attached hydrogens (tertiary/aromatic N) is 2. The van der Waals surface area contributed by atoms with Crippen molar-refractivity contribution in [1.29, 1.82) is 0 Å². The number of halogens is 1. The van der Waals surface area contributed by atoms with Crippen molar-refractivity contribution < 1.29 is 9.90 Å². The van der Waals surface area contributed by atoms with Gasteiger partial charge in [0.15, 0.2) is 11.5 Å². The van der Waals surface area contributed by atoms with Crippen LogP contribution in [0.3, 0.4) is 0 Å². The van der Waals surface area contributed by atoms with Crippen molar-refractivity contribution in [3.63, 3.8) is 0 Å². The minimum Gasteiger partial charge on any atom is -0.476 e. The molecule has 0 saturated carbocycles. The maximum atomic E-state index is 10.7. The second-order valence-electron chi connectivity index (χ2n) is 2.43. The van der Waals surface area contributed by atoms with Crippen LogP contribution in [0.25, 0.3) is 0 Å². The molecule has 1 rings (SSSR count). The fourth-order valence-electron chi connectivity index (χ4n) is 0.804. The van der Waals surface area contributed by atoms with Crippen molar-refractivity contribution >= 4 is 27.7 Å². The zero-order valence-electron chi connectivity index (χ0n) is 7.20. The summed E-state index contributed by atoms with van der Waals surface area (Å²) in [6.45, 7) is 4.01. The van der Waals surface area contributed by atoms with Crippen LogP contribution in [0.15, 0.2) is 23.5 Å². The molecule has 0 spiro atoms. The summed E-state index contributed by atoms with van der Waals surface area (Å²) in [5.74, 6) is -0.874. The fourth-order valence-corrected chi connectivity index (χ4v) is 0.944. The van der Waals surface area contributed by atoms with E-state index in [1.807, 2.05) is 0 Å². The summed E-state index contributed by atoms with van der Waals surface area (Å²) >= 11 is 3.14. The quantitative estimate of drug-likeness (QED) is 0.855. The highest BCUT2D eigenvalue weighted by molar-refractivity contribution is 9.11. The minimum atomic E-state index is -1.11. The largest absolute Gasteiger partial charge is 0.476 e. The zero-order chi connectivity index (χ0) is 10.6. The summed E-state index contributed by atoms with van der Waals surface area (Å²) < 4.78 is 0.708. The maximum Gasteiger partial charge on any atom is 0.358 e. The Balaban J connectivity index is 2.84. The summed E-state index contributed by atoms with van der Waals surface area (Å²) in [5.41, 5.74) is -0.0961. The van der Waals surface area contributed by atoms with E-state index in [9.17, 15) is 4.79 Å². The van der Waals surface area contributed by atoms with Gasteiger partial charge in [0.05, 0.1) is 0 Å². The van der Waals surface area contributed by atoms with Crippen LogP contribution in [0.5, 0.6) is 0 Å². The van der Waals surface area contributed by atoms with Crippen LogP contribution in [0, 0.1) is 0 Å². The van der Waals surface area contributed by atoms with E-state index in [4.69, 9.17) is 5.11 Å². The van der Waals surface area contributed by atoms with Crippen LogP contribution >= 0.6 is 15.9 Å². The van der Waals surface area contributed by atoms with E-state index in [1.165, 1.54) is 12.4 Å². The Hall–Kier alpha value is -1.43. The summed E-state index contributed by atoms with van der Waals surface area (Å²) in [4.78, 5) is 18.2. The molecule has 0 amide bonds. The molecule has 74 valence electrons. The molecule has 1 aromatic rings. The average Bonchev–Trinajstić information content (AvgIpc) is 2.15. The Morgan fingerprint density at radius 1 is 1.57 bits per heavy atom. The molecule has 0 fully saturated rings. The molecule has 0 atom stereocenters. The predicted molar refractivity (Wildman–Crippen MR) is 55.5 cm³/mol. The molecular weight excluding hydrogens is 250 g/mol. The summed E-state index contributed by atoms with van der Waals surface area (Å²) in [6.07, 6.45) is 2.75. The van der Waals surface area contributed by atoms with E-state index < -0.39 is 5.97 Å². The van der Waals surface area contributed by atoms with Gasteiger partial charge in [-0.1, -0.05) is 22.5 Å². The molecule has 2 N–H and O–H groups in total. The molecular formula is C8H8BrN3O2. The Bertz CT molecular complexity index is 367. The van der Waals surface area contributed by atoms with Gasteiger partial charge in [-0.3, -0.25) is 0 Å². The lowest BCUT2D eigenvalue weighted by Gasteiger charge is -2.05. The minimum absolute atomic E-state index is 0.0961. The first-order chi connectivity index (χ1) is 6.61. The van der Waals surface area contributed by atoms with Crippen molar-refractivity contribution in [3.8, 4) is 0 Å². The van der Waals surface area contributed by atoms with Gasteiger partial charge in [0.25, 0.3) is 0 Å². The van der Waals surface area contributed by atoms with Gasteiger partial charge in [0.1, 0.15) is 0 Å². The highest BCUT2D eigenvalue weighted by Gasteiger charge is 2.11. The topological polar surface area (TPSA) is 75.1 Å².